The third-order valence-corrected chi connectivity index (χ3v) is 5.99. The van der Waals surface area contributed by atoms with Crippen LogP contribution in [0.1, 0.15) is 5.56 Å². The van der Waals surface area contributed by atoms with Crippen LogP contribution in [0, 0.1) is 0 Å². The van der Waals surface area contributed by atoms with Gasteiger partial charge in [-0.1, -0.05) is 30.3 Å². The lowest BCUT2D eigenvalue weighted by Crippen LogP contribution is -2.29. The number of phenolic OH excluding ortho intramolecular Hbond substituents is 1. The summed E-state index contributed by atoms with van der Waals surface area (Å²) in [6.45, 7) is 0.146. The Kier molecular flexibility index (Phi) is 4.44. The van der Waals surface area contributed by atoms with Crippen molar-refractivity contribution in [3.8, 4) is 16.9 Å². The first-order valence-electron chi connectivity index (χ1n) is 8.56. The van der Waals surface area contributed by atoms with Gasteiger partial charge in [0.2, 0.25) is 0 Å². The van der Waals surface area contributed by atoms with Crippen LogP contribution in [0.15, 0.2) is 54.6 Å². The molecule has 3 aromatic carbocycles. The normalized spacial score (nSPS) is 15.8. The number of hydrogen-bond acceptors (Lipinski definition) is 5. The number of anilines is 1. The molecule has 2 N–H and O–H groups in total. The van der Waals surface area contributed by atoms with Crippen LogP contribution in [0.3, 0.4) is 0 Å². The summed E-state index contributed by atoms with van der Waals surface area (Å²) in [7, 11) is -2.35. The minimum Gasteiger partial charge on any atom is -0.506 e. The lowest BCUT2D eigenvalue weighted by molar-refractivity contribution is -0.117. The van der Waals surface area contributed by atoms with Crippen LogP contribution in [0.25, 0.3) is 21.9 Å². The smallest absolute Gasteiger partial charge is 0.326 e. The van der Waals surface area contributed by atoms with Crippen molar-refractivity contribution in [2.45, 2.75) is 6.61 Å². The van der Waals surface area contributed by atoms with Gasteiger partial charge in [0.1, 0.15) is 12.3 Å². The fourth-order valence-corrected chi connectivity index (χ4v) is 4.48. The molecule has 0 atom stereocenters. The van der Waals surface area contributed by atoms with Crippen LogP contribution < -0.4 is 9.03 Å². The molecule has 0 radical (unpaired) electrons. The molecule has 0 spiro atoms. The molecule has 1 aliphatic rings. The Balaban J connectivity index is 1.80. The average Bonchev–Trinajstić information content (AvgIpc) is 2.93. The number of nitrogens with zero attached hydrogens (tertiary/aromatic N) is 1. The highest BCUT2D eigenvalue weighted by Gasteiger charge is 2.35. The zero-order valence-corrected chi connectivity index (χ0v) is 15.9. The van der Waals surface area contributed by atoms with Crippen LogP contribution >= 0.6 is 0 Å². The molecule has 0 saturated carbocycles. The van der Waals surface area contributed by atoms with Crippen molar-refractivity contribution in [2.75, 3.05) is 18.0 Å². The quantitative estimate of drug-likeness (QED) is 0.704. The molecule has 0 aromatic heterocycles. The molecule has 1 saturated heterocycles. The maximum Gasteiger partial charge on any atom is 0.326 e. The number of carbonyl (C=O) groups is 1. The Bertz CT molecular complexity index is 1190. The number of benzene rings is 3. The Morgan fingerprint density at radius 3 is 2.57 bits per heavy atom. The molecule has 1 fully saturated rings. The molecule has 144 valence electrons. The number of methoxy groups -OCH3 is 1. The lowest BCUT2D eigenvalue weighted by Gasteiger charge is -2.17. The third-order valence-electron chi connectivity index (χ3n) is 4.59. The van der Waals surface area contributed by atoms with E-state index in [1.807, 2.05) is 47.2 Å². The van der Waals surface area contributed by atoms with Gasteiger partial charge in [0, 0.05) is 7.11 Å². The molecular weight excluding hydrogens is 380 g/mol. The van der Waals surface area contributed by atoms with Crippen LogP contribution in [0.2, 0.25) is 0 Å². The maximum absolute atomic E-state index is 12.1. The predicted octanol–water partition coefficient (Wildman–Crippen LogP) is 2.54. The van der Waals surface area contributed by atoms with Crippen molar-refractivity contribution in [2.24, 2.45) is 0 Å². The second-order valence-electron chi connectivity index (χ2n) is 6.57. The van der Waals surface area contributed by atoms with Crippen molar-refractivity contribution in [3.05, 3.63) is 60.2 Å². The molecule has 8 heteroatoms. The van der Waals surface area contributed by atoms with Gasteiger partial charge >= 0.3 is 10.2 Å². The van der Waals surface area contributed by atoms with Crippen molar-refractivity contribution < 1.29 is 23.1 Å². The summed E-state index contributed by atoms with van der Waals surface area (Å²) in [5.41, 5.74) is 3.05. The first-order chi connectivity index (χ1) is 13.4. The van der Waals surface area contributed by atoms with E-state index < -0.39 is 16.1 Å². The number of ether oxygens (including phenoxy) is 1. The van der Waals surface area contributed by atoms with Gasteiger partial charge in [-0.15, -0.1) is 0 Å². The molecule has 0 bridgehead atoms. The summed E-state index contributed by atoms with van der Waals surface area (Å²) in [5, 5.41) is 11.8. The molecule has 7 nitrogen and oxygen atoms in total. The number of nitrogens with one attached hydrogen (secondary N) is 1. The highest BCUT2D eigenvalue weighted by atomic mass is 32.2. The van der Waals surface area contributed by atoms with Crippen molar-refractivity contribution in [1.82, 2.24) is 4.72 Å². The second kappa shape index (κ2) is 6.81. The fraction of sp³-hybridized carbons (Fsp3) is 0.150. The number of amides is 1. The Morgan fingerprint density at radius 2 is 1.86 bits per heavy atom. The number of rotatable bonds is 4. The van der Waals surface area contributed by atoms with Crippen LogP contribution in [0.5, 0.6) is 5.75 Å². The largest absolute Gasteiger partial charge is 0.506 e. The molecule has 1 heterocycles. The molecular formula is C20H18N2O5S. The fourth-order valence-electron chi connectivity index (χ4n) is 3.32. The van der Waals surface area contributed by atoms with Crippen LogP contribution in [0.4, 0.5) is 5.69 Å². The van der Waals surface area contributed by atoms with Gasteiger partial charge in [-0.2, -0.15) is 8.42 Å². The second-order valence-corrected chi connectivity index (χ2v) is 8.17. The minimum atomic E-state index is -3.99. The summed E-state index contributed by atoms with van der Waals surface area (Å²) in [6.07, 6.45) is 0. The van der Waals surface area contributed by atoms with E-state index in [9.17, 15) is 18.3 Å². The van der Waals surface area contributed by atoms with E-state index in [-0.39, 0.29) is 18.0 Å². The highest BCUT2D eigenvalue weighted by molar-refractivity contribution is 7.92. The minimum absolute atomic E-state index is 0.0659. The number of fused-ring (bicyclic) bond motifs is 1. The van der Waals surface area contributed by atoms with Gasteiger partial charge in [-0.25, -0.2) is 9.03 Å². The van der Waals surface area contributed by atoms with Gasteiger partial charge in [-0.05, 0) is 51.7 Å². The molecule has 1 aliphatic heterocycles. The Labute approximate surface area is 162 Å². The molecule has 3 aromatic rings. The van der Waals surface area contributed by atoms with Crippen LogP contribution in [-0.4, -0.2) is 33.1 Å². The topological polar surface area (TPSA) is 95.9 Å². The van der Waals surface area contributed by atoms with E-state index >= 15 is 0 Å². The SMILES string of the molecule is COCc1cccc(-c2ccc3cc(O)c(N4CC(=O)NS4(=O)=O)cc3c2)c1. The number of phenols is 1. The van der Waals surface area contributed by atoms with E-state index in [1.54, 1.807) is 13.2 Å². The van der Waals surface area contributed by atoms with Crippen molar-refractivity contribution in [3.63, 3.8) is 0 Å². The van der Waals surface area contributed by atoms with Crippen molar-refractivity contribution in [1.29, 1.82) is 0 Å². The summed E-state index contributed by atoms with van der Waals surface area (Å²) < 4.78 is 32.2. The van der Waals surface area contributed by atoms with Crippen LogP contribution in [-0.2, 0) is 26.3 Å². The first kappa shape index (κ1) is 18.3. The number of aromatic hydroxyl groups is 1. The van der Waals surface area contributed by atoms with Gasteiger partial charge in [0.15, 0.2) is 0 Å². The molecule has 0 unspecified atom stereocenters. The summed E-state index contributed by atoms with van der Waals surface area (Å²) in [6, 6.07) is 16.7. The summed E-state index contributed by atoms with van der Waals surface area (Å²) in [5.74, 6) is -0.842. The van der Waals surface area contributed by atoms with E-state index in [0.717, 1.165) is 31.8 Å². The molecule has 0 aliphatic carbocycles. The van der Waals surface area contributed by atoms with E-state index in [0.29, 0.717) is 6.61 Å². The monoisotopic (exact) mass is 398 g/mol. The standard InChI is InChI=1S/C20H18N2O5S/c1-27-12-13-3-2-4-14(7-13)15-5-6-16-10-19(23)18(9-17(16)8-15)22-11-20(24)21-28(22,25)26/h2-10,23H,11-12H2,1H3,(H,21,24). The highest BCUT2D eigenvalue weighted by Crippen LogP contribution is 2.36. The van der Waals surface area contributed by atoms with E-state index in [2.05, 4.69) is 0 Å². The molecule has 28 heavy (non-hydrogen) atoms. The Morgan fingerprint density at radius 1 is 1.07 bits per heavy atom. The molecule has 4 rings (SSSR count). The Hall–Kier alpha value is -3.10. The molecule has 1 amide bonds. The predicted molar refractivity (Wildman–Crippen MR) is 106 cm³/mol. The summed E-state index contributed by atoms with van der Waals surface area (Å²) in [4.78, 5) is 11.5. The van der Waals surface area contributed by atoms with Gasteiger partial charge in [0.05, 0.1) is 12.3 Å². The summed E-state index contributed by atoms with van der Waals surface area (Å²) >= 11 is 0. The van der Waals surface area contributed by atoms with Crippen molar-refractivity contribution >= 4 is 32.6 Å². The van der Waals surface area contributed by atoms with E-state index in [1.165, 1.54) is 6.07 Å². The van der Waals surface area contributed by atoms with Gasteiger partial charge < -0.3 is 9.84 Å². The first-order valence-corrected chi connectivity index (χ1v) is 10.00. The maximum atomic E-state index is 12.1. The average molecular weight is 398 g/mol. The number of carbonyl (C=O) groups excluding carboxylic acids is 1. The zero-order chi connectivity index (χ0) is 19.9. The zero-order valence-electron chi connectivity index (χ0n) is 15.0. The third kappa shape index (κ3) is 3.28. The lowest BCUT2D eigenvalue weighted by atomic mass is 9.99. The van der Waals surface area contributed by atoms with E-state index in [4.69, 9.17) is 4.74 Å². The van der Waals surface area contributed by atoms with Gasteiger partial charge in [-0.3, -0.25) is 4.79 Å². The number of hydrogen-bond donors (Lipinski definition) is 2. The van der Waals surface area contributed by atoms with Gasteiger partial charge in [0.25, 0.3) is 5.91 Å².